The zero-order valence-corrected chi connectivity index (χ0v) is 13.6. The summed E-state index contributed by atoms with van der Waals surface area (Å²) >= 11 is 0. The van der Waals surface area contributed by atoms with Crippen LogP contribution in [0.2, 0.25) is 0 Å². The van der Waals surface area contributed by atoms with Gasteiger partial charge in [-0.25, -0.2) is 4.39 Å². The maximum absolute atomic E-state index is 13.3. The highest BCUT2D eigenvalue weighted by atomic mass is 32.2. The fourth-order valence-electron chi connectivity index (χ4n) is 3.10. The van der Waals surface area contributed by atoms with Crippen molar-refractivity contribution in [3.8, 4) is 0 Å². The molecule has 1 aromatic rings. The van der Waals surface area contributed by atoms with Crippen LogP contribution in [0.15, 0.2) is 29.2 Å². The molecule has 0 bridgehead atoms. The molecule has 2 unspecified atom stereocenters. The number of benzene rings is 1. The van der Waals surface area contributed by atoms with Gasteiger partial charge in [-0.05, 0) is 49.9 Å². The van der Waals surface area contributed by atoms with Crippen LogP contribution in [-0.2, 0) is 10.8 Å². The zero-order chi connectivity index (χ0) is 15.1. The first-order valence-corrected chi connectivity index (χ1v) is 9.40. The van der Waals surface area contributed by atoms with Crippen molar-refractivity contribution in [3.63, 3.8) is 0 Å². The Bertz CT molecular complexity index is 460. The highest BCUT2D eigenvalue weighted by Gasteiger charge is 2.25. The van der Waals surface area contributed by atoms with E-state index in [2.05, 4.69) is 12.2 Å². The number of rotatable bonds is 7. The Hall–Kier alpha value is -0.740. The van der Waals surface area contributed by atoms with Crippen molar-refractivity contribution >= 4 is 10.8 Å². The number of hydrogen-bond acceptors (Lipinski definition) is 2. The summed E-state index contributed by atoms with van der Waals surface area (Å²) in [6.45, 7) is 3.11. The van der Waals surface area contributed by atoms with Crippen LogP contribution < -0.4 is 5.32 Å². The second-order valence-corrected chi connectivity index (χ2v) is 7.42. The van der Waals surface area contributed by atoms with Crippen molar-refractivity contribution in [2.75, 3.05) is 12.3 Å². The highest BCUT2D eigenvalue weighted by molar-refractivity contribution is 7.85. The smallest absolute Gasteiger partial charge is 0.124 e. The van der Waals surface area contributed by atoms with Gasteiger partial charge in [-0.3, -0.25) is 4.21 Å². The van der Waals surface area contributed by atoms with Crippen LogP contribution in [0.25, 0.3) is 0 Å². The maximum Gasteiger partial charge on any atom is 0.124 e. The SMILES string of the molecule is CCCNC(CS(=O)c1cccc(F)c1)C1CCCCC1. The molecule has 2 rings (SSSR count). The lowest BCUT2D eigenvalue weighted by atomic mass is 9.84. The summed E-state index contributed by atoms with van der Waals surface area (Å²) < 4.78 is 25.8. The van der Waals surface area contributed by atoms with E-state index in [1.54, 1.807) is 12.1 Å². The van der Waals surface area contributed by atoms with Gasteiger partial charge in [-0.1, -0.05) is 32.3 Å². The lowest BCUT2D eigenvalue weighted by Gasteiger charge is -2.31. The fraction of sp³-hybridized carbons (Fsp3) is 0.647. The van der Waals surface area contributed by atoms with E-state index in [0.717, 1.165) is 13.0 Å². The minimum Gasteiger partial charge on any atom is -0.313 e. The monoisotopic (exact) mass is 311 g/mol. The second kappa shape index (κ2) is 8.64. The molecule has 1 aliphatic rings. The molecule has 0 aromatic heterocycles. The molecular formula is C17H26FNOS. The first kappa shape index (κ1) is 16.6. The molecule has 21 heavy (non-hydrogen) atoms. The van der Waals surface area contributed by atoms with Crippen LogP contribution in [-0.4, -0.2) is 22.5 Å². The second-order valence-electron chi connectivity index (χ2n) is 5.93. The van der Waals surface area contributed by atoms with Crippen molar-refractivity contribution in [3.05, 3.63) is 30.1 Å². The fourth-order valence-corrected chi connectivity index (χ4v) is 4.48. The van der Waals surface area contributed by atoms with Crippen LogP contribution in [0.1, 0.15) is 45.4 Å². The van der Waals surface area contributed by atoms with Gasteiger partial charge in [0.1, 0.15) is 5.82 Å². The number of hydrogen-bond donors (Lipinski definition) is 1. The van der Waals surface area contributed by atoms with Gasteiger partial charge in [-0.15, -0.1) is 0 Å². The van der Waals surface area contributed by atoms with E-state index in [4.69, 9.17) is 0 Å². The van der Waals surface area contributed by atoms with E-state index in [1.165, 1.54) is 44.2 Å². The van der Waals surface area contributed by atoms with Crippen LogP contribution >= 0.6 is 0 Å². The molecule has 118 valence electrons. The Balaban J connectivity index is 2.01. The molecule has 0 radical (unpaired) electrons. The molecule has 2 nitrogen and oxygen atoms in total. The van der Waals surface area contributed by atoms with Crippen molar-refractivity contribution in [1.29, 1.82) is 0 Å². The third-order valence-electron chi connectivity index (χ3n) is 4.27. The topological polar surface area (TPSA) is 29.1 Å². The summed E-state index contributed by atoms with van der Waals surface area (Å²) in [4.78, 5) is 0.606. The highest BCUT2D eigenvalue weighted by Crippen LogP contribution is 2.27. The number of halogens is 1. The zero-order valence-electron chi connectivity index (χ0n) is 12.8. The molecule has 0 heterocycles. The van der Waals surface area contributed by atoms with Crippen molar-refractivity contribution in [2.45, 2.75) is 56.4 Å². The van der Waals surface area contributed by atoms with Crippen molar-refractivity contribution in [2.24, 2.45) is 5.92 Å². The van der Waals surface area contributed by atoms with Gasteiger partial charge >= 0.3 is 0 Å². The molecular weight excluding hydrogens is 285 g/mol. The Kier molecular flexibility index (Phi) is 6.84. The molecule has 0 aliphatic heterocycles. The van der Waals surface area contributed by atoms with Crippen LogP contribution in [0.4, 0.5) is 4.39 Å². The minimum absolute atomic E-state index is 0.286. The summed E-state index contributed by atoms with van der Waals surface area (Å²) in [7, 11) is -1.13. The van der Waals surface area contributed by atoms with E-state index in [9.17, 15) is 8.60 Å². The maximum atomic E-state index is 13.3. The molecule has 0 amide bonds. The van der Waals surface area contributed by atoms with E-state index in [1.807, 2.05) is 0 Å². The first-order chi connectivity index (χ1) is 10.2. The van der Waals surface area contributed by atoms with Crippen molar-refractivity contribution < 1.29 is 8.60 Å². The van der Waals surface area contributed by atoms with Crippen molar-refractivity contribution in [1.82, 2.24) is 5.32 Å². The summed E-state index contributed by atoms with van der Waals surface area (Å²) in [5.74, 6) is 0.896. The molecule has 0 spiro atoms. The van der Waals surface area contributed by atoms with Gasteiger partial charge < -0.3 is 5.32 Å². The number of nitrogens with one attached hydrogen (secondary N) is 1. The Labute approximate surface area is 130 Å². The quantitative estimate of drug-likeness (QED) is 0.828. The van der Waals surface area contributed by atoms with E-state index in [-0.39, 0.29) is 11.9 Å². The average Bonchev–Trinajstić information content (AvgIpc) is 2.52. The molecule has 2 atom stereocenters. The van der Waals surface area contributed by atoms with Crippen LogP contribution in [0, 0.1) is 11.7 Å². The largest absolute Gasteiger partial charge is 0.313 e. The average molecular weight is 311 g/mol. The summed E-state index contributed by atoms with van der Waals surface area (Å²) in [5, 5.41) is 3.57. The third kappa shape index (κ3) is 5.19. The summed E-state index contributed by atoms with van der Waals surface area (Å²) in [5.41, 5.74) is 0. The van der Waals surface area contributed by atoms with Crippen LogP contribution in [0.3, 0.4) is 0 Å². The van der Waals surface area contributed by atoms with E-state index in [0.29, 0.717) is 16.6 Å². The molecule has 1 fully saturated rings. The lowest BCUT2D eigenvalue weighted by Crippen LogP contribution is -2.41. The molecule has 1 saturated carbocycles. The summed E-state index contributed by atoms with van der Waals surface area (Å²) in [6.07, 6.45) is 7.41. The third-order valence-corrected chi connectivity index (χ3v) is 5.71. The molecule has 0 saturated heterocycles. The Morgan fingerprint density at radius 1 is 1.33 bits per heavy atom. The standard InChI is InChI=1S/C17H26FNOS/c1-2-11-19-17(14-7-4-3-5-8-14)13-21(20)16-10-6-9-15(18)12-16/h6,9-10,12,14,17,19H,2-5,7-8,11,13H2,1H3. The van der Waals surface area contributed by atoms with Crippen LogP contribution in [0.5, 0.6) is 0 Å². The van der Waals surface area contributed by atoms with Gasteiger partial charge in [0.05, 0.1) is 10.8 Å². The Morgan fingerprint density at radius 2 is 2.10 bits per heavy atom. The molecule has 4 heteroatoms. The minimum atomic E-state index is -1.13. The van der Waals surface area contributed by atoms with Gasteiger partial charge in [0.25, 0.3) is 0 Å². The van der Waals surface area contributed by atoms with E-state index < -0.39 is 10.8 Å². The lowest BCUT2D eigenvalue weighted by molar-refractivity contribution is 0.284. The van der Waals surface area contributed by atoms with E-state index >= 15 is 0 Å². The predicted molar refractivity (Wildman–Crippen MR) is 86.3 cm³/mol. The molecule has 1 N–H and O–H groups in total. The molecule has 1 aliphatic carbocycles. The normalized spacial score (nSPS) is 19.3. The summed E-state index contributed by atoms with van der Waals surface area (Å²) in [6, 6.07) is 6.48. The van der Waals surface area contributed by atoms with Gasteiger partial charge in [0.15, 0.2) is 0 Å². The predicted octanol–water partition coefficient (Wildman–Crippen LogP) is 3.88. The first-order valence-electron chi connectivity index (χ1n) is 8.08. The Morgan fingerprint density at radius 3 is 2.76 bits per heavy atom. The van der Waals surface area contributed by atoms with Gasteiger partial charge in [0, 0.05) is 16.7 Å². The van der Waals surface area contributed by atoms with Gasteiger partial charge in [0.2, 0.25) is 0 Å². The molecule has 1 aromatic carbocycles. The van der Waals surface area contributed by atoms with Gasteiger partial charge in [-0.2, -0.15) is 0 Å².